The standard InChI is InChI=1S/C17H23N3O2/c1-14(7-5-11-19(2)3)22-17(21)15-8-4-9-16(13-15)20-12-6-10-18-20/h4,6,8-10,12-14H,5,7,11H2,1-3H3/t14-/m1/s1. The summed E-state index contributed by atoms with van der Waals surface area (Å²) in [6, 6.07) is 9.15. The summed E-state index contributed by atoms with van der Waals surface area (Å²) in [4.78, 5) is 14.3. The minimum atomic E-state index is -0.286. The van der Waals surface area contributed by atoms with Gasteiger partial charge in [-0.3, -0.25) is 0 Å². The maximum atomic E-state index is 12.2. The van der Waals surface area contributed by atoms with Crippen molar-refractivity contribution in [2.24, 2.45) is 0 Å². The summed E-state index contributed by atoms with van der Waals surface area (Å²) in [5.41, 5.74) is 1.40. The topological polar surface area (TPSA) is 47.4 Å². The maximum absolute atomic E-state index is 12.2. The lowest BCUT2D eigenvalue weighted by atomic mass is 10.2. The van der Waals surface area contributed by atoms with E-state index in [4.69, 9.17) is 4.74 Å². The van der Waals surface area contributed by atoms with Crippen LogP contribution in [0.4, 0.5) is 0 Å². The molecule has 2 rings (SSSR count). The first-order valence-corrected chi connectivity index (χ1v) is 7.52. The molecule has 5 nitrogen and oxygen atoms in total. The highest BCUT2D eigenvalue weighted by Gasteiger charge is 2.13. The van der Waals surface area contributed by atoms with Crippen molar-refractivity contribution in [1.82, 2.24) is 14.7 Å². The van der Waals surface area contributed by atoms with Crippen LogP contribution in [0.1, 0.15) is 30.1 Å². The van der Waals surface area contributed by atoms with Crippen LogP contribution in [0.3, 0.4) is 0 Å². The number of esters is 1. The third-order valence-corrected chi connectivity index (χ3v) is 3.38. The molecule has 0 saturated heterocycles. The highest BCUT2D eigenvalue weighted by atomic mass is 16.5. The van der Waals surface area contributed by atoms with Gasteiger partial charge in [-0.15, -0.1) is 0 Å². The van der Waals surface area contributed by atoms with Crippen molar-refractivity contribution >= 4 is 5.97 Å². The molecule has 1 aromatic heterocycles. The van der Waals surface area contributed by atoms with Gasteiger partial charge in [0.2, 0.25) is 0 Å². The number of hydrogen-bond donors (Lipinski definition) is 0. The van der Waals surface area contributed by atoms with Crippen molar-refractivity contribution < 1.29 is 9.53 Å². The van der Waals surface area contributed by atoms with Gasteiger partial charge in [-0.25, -0.2) is 9.48 Å². The highest BCUT2D eigenvalue weighted by Crippen LogP contribution is 2.13. The molecular formula is C17H23N3O2. The van der Waals surface area contributed by atoms with Gasteiger partial charge in [0.25, 0.3) is 0 Å². The van der Waals surface area contributed by atoms with E-state index in [1.54, 1.807) is 23.0 Å². The van der Waals surface area contributed by atoms with E-state index in [-0.39, 0.29) is 12.1 Å². The predicted octanol–water partition coefficient (Wildman–Crippen LogP) is 2.76. The summed E-state index contributed by atoms with van der Waals surface area (Å²) in [6.45, 7) is 2.93. The first kappa shape index (κ1) is 16.2. The van der Waals surface area contributed by atoms with E-state index >= 15 is 0 Å². The maximum Gasteiger partial charge on any atom is 0.338 e. The predicted molar refractivity (Wildman–Crippen MR) is 86.2 cm³/mol. The fourth-order valence-electron chi connectivity index (χ4n) is 2.20. The Morgan fingerprint density at radius 1 is 1.36 bits per heavy atom. The third kappa shape index (κ3) is 4.70. The van der Waals surface area contributed by atoms with E-state index in [9.17, 15) is 4.79 Å². The second-order valence-electron chi connectivity index (χ2n) is 5.66. The van der Waals surface area contributed by atoms with Crippen LogP contribution in [0.5, 0.6) is 0 Å². The Hall–Kier alpha value is -2.14. The van der Waals surface area contributed by atoms with E-state index in [0.717, 1.165) is 25.1 Å². The molecule has 0 aliphatic rings. The lowest BCUT2D eigenvalue weighted by molar-refractivity contribution is 0.0317. The molecule has 0 amide bonds. The summed E-state index contributed by atoms with van der Waals surface area (Å²) < 4.78 is 7.22. The van der Waals surface area contributed by atoms with Crippen LogP contribution in [0.15, 0.2) is 42.7 Å². The number of aromatic nitrogens is 2. The Morgan fingerprint density at radius 3 is 2.86 bits per heavy atom. The summed E-state index contributed by atoms with van der Waals surface area (Å²) in [6.07, 6.45) is 5.34. The molecule has 1 aromatic carbocycles. The quantitative estimate of drug-likeness (QED) is 0.738. The molecule has 0 radical (unpaired) electrons. The van der Waals surface area contributed by atoms with E-state index in [2.05, 4.69) is 10.00 Å². The Kier molecular flexibility index (Phi) is 5.72. The van der Waals surface area contributed by atoms with Gasteiger partial charge in [0.1, 0.15) is 0 Å². The van der Waals surface area contributed by atoms with Crippen LogP contribution in [0, 0.1) is 0 Å². The second kappa shape index (κ2) is 7.75. The lowest BCUT2D eigenvalue weighted by Crippen LogP contribution is -2.18. The molecular weight excluding hydrogens is 278 g/mol. The number of ether oxygens (including phenoxy) is 1. The first-order valence-electron chi connectivity index (χ1n) is 7.52. The van der Waals surface area contributed by atoms with Gasteiger partial charge >= 0.3 is 5.97 Å². The van der Waals surface area contributed by atoms with Gasteiger partial charge < -0.3 is 9.64 Å². The molecule has 0 saturated carbocycles. The smallest absolute Gasteiger partial charge is 0.338 e. The largest absolute Gasteiger partial charge is 0.459 e. The van der Waals surface area contributed by atoms with Crippen molar-refractivity contribution in [2.75, 3.05) is 20.6 Å². The second-order valence-corrected chi connectivity index (χ2v) is 5.66. The number of benzene rings is 1. The molecule has 0 aliphatic heterocycles. The molecule has 0 unspecified atom stereocenters. The SMILES string of the molecule is C[C@H](CCCN(C)C)OC(=O)c1cccc(-n2cccn2)c1. The van der Waals surface area contributed by atoms with Gasteiger partial charge in [0.15, 0.2) is 0 Å². The molecule has 5 heteroatoms. The van der Waals surface area contributed by atoms with Gasteiger partial charge in [0, 0.05) is 12.4 Å². The lowest BCUT2D eigenvalue weighted by Gasteiger charge is -2.15. The van der Waals surface area contributed by atoms with Crippen molar-refractivity contribution in [3.63, 3.8) is 0 Å². The molecule has 0 bridgehead atoms. The Bertz CT molecular complexity index is 594. The van der Waals surface area contributed by atoms with Crippen LogP contribution < -0.4 is 0 Å². The van der Waals surface area contributed by atoms with Crippen LogP contribution in [-0.2, 0) is 4.74 Å². The third-order valence-electron chi connectivity index (χ3n) is 3.38. The molecule has 0 aliphatic carbocycles. The van der Waals surface area contributed by atoms with Crippen LogP contribution in [-0.4, -0.2) is 47.4 Å². The zero-order valence-corrected chi connectivity index (χ0v) is 13.4. The minimum absolute atomic E-state index is 0.0826. The van der Waals surface area contributed by atoms with E-state index in [0.29, 0.717) is 5.56 Å². The van der Waals surface area contributed by atoms with Crippen molar-refractivity contribution in [3.05, 3.63) is 48.3 Å². The van der Waals surface area contributed by atoms with E-state index in [1.807, 2.05) is 45.4 Å². The van der Waals surface area contributed by atoms with E-state index < -0.39 is 0 Å². The fraction of sp³-hybridized carbons (Fsp3) is 0.412. The summed E-state index contributed by atoms with van der Waals surface area (Å²) in [5, 5.41) is 4.16. The number of rotatable bonds is 7. The zero-order chi connectivity index (χ0) is 15.9. The van der Waals surface area contributed by atoms with Crippen molar-refractivity contribution in [3.8, 4) is 5.69 Å². The summed E-state index contributed by atoms with van der Waals surface area (Å²) >= 11 is 0. The molecule has 0 spiro atoms. The molecule has 1 heterocycles. The number of hydrogen-bond acceptors (Lipinski definition) is 4. The normalized spacial score (nSPS) is 12.4. The number of carbonyl (C=O) groups is 1. The number of carbonyl (C=O) groups excluding carboxylic acids is 1. The fourth-order valence-corrected chi connectivity index (χ4v) is 2.20. The highest BCUT2D eigenvalue weighted by molar-refractivity contribution is 5.90. The van der Waals surface area contributed by atoms with Crippen molar-refractivity contribution in [1.29, 1.82) is 0 Å². The number of nitrogens with zero attached hydrogens (tertiary/aromatic N) is 3. The van der Waals surface area contributed by atoms with Gasteiger partial charge in [-0.1, -0.05) is 6.07 Å². The Morgan fingerprint density at radius 2 is 2.18 bits per heavy atom. The first-order chi connectivity index (χ1) is 10.6. The van der Waals surface area contributed by atoms with Gasteiger partial charge in [0.05, 0.1) is 17.4 Å². The van der Waals surface area contributed by atoms with Crippen LogP contribution in [0.2, 0.25) is 0 Å². The monoisotopic (exact) mass is 301 g/mol. The molecule has 118 valence electrons. The average Bonchev–Trinajstić information content (AvgIpc) is 3.01. The molecule has 2 aromatic rings. The molecule has 0 N–H and O–H groups in total. The summed E-state index contributed by atoms with van der Waals surface area (Å²) in [5.74, 6) is -0.286. The molecule has 0 fully saturated rings. The Labute approximate surface area is 131 Å². The molecule has 22 heavy (non-hydrogen) atoms. The van der Waals surface area contributed by atoms with Crippen molar-refractivity contribution in [2.45, 2.75) is 25.9 Å². The van der Waals surface area contributed by atoms with E-state index in [1.165, 1.54) is 0 Å². The summed E-state index contributed by atoms with van der Waals surface area (Å²) in [7, 11) is 4.08. The van der Waals surface area contributed by atoms with Gasteiger partial charge in [-0.2, -0.15) is 5.10 Å². The van der Waals surface area contributed by atoms with Crippen LogP contribution in [0.25, 0.3) is 5.69 Å². The minimum Gasteiger partial charge on any atom is -0.459 e. The zero-order valence-electron chi connectivity index (χ0n) is 13.4. The van der Waals surface area contributed by atoms with Crippen LogP contribution >= 0.6 is 0 Å². The van der Waals surface area contributed by atoms with Gasteiger partial charge in [-0.05, 0) is 64.7 Å². The molecule has 1 atom stereocenters. The average molecular weight is 301 g/mol. The Balaban J connectivity index is 1.94.